The number of fused-ring (bicyclic) bond motifs is 3. The van der Waals surface area contributed by atoms with Crippen LogP contribution in [0.25, 0.3) is 10.2 Å². The van der Waals surface area contributed by atoms with Gasteiger partial charge in [0.15, 0.2) is 0 Å². The van der Waals surface area contributed by atoms with Crippen molar-refractivity contribution in [2.45, 2.75) is 43.7 Å². The van der Waals surface area contributed by atoms with Crippen LogP contribution in [-0.4, -0.2) is 35.2 Å². The lowest BCUT2D eigenvalue weighted by Gasteiger charge is -2.22. The molecule has 0 bridgehead atoms. The van der Waals surface area contributed by atoms with Crippen molar-refractivity contribution in [1.82, 2.24) is 9.97 Å². The summed E-state index contributed by atoms with van der Waals surface area (Å²) in [5, 5.41) is 2.46. The van der Waals surface area contributed by atoms with Crippen molar-refractivity contribution in [3.05, 3.63) is 16.3 Å². The molecule has 2 aliphatic rings. The van der Waals surface area contributed by atoms with E-state index in [-0.39, 0.29) is 6.10 Å². The van der Waals surface area contributed by atoms with E-state index in [1.807, 2.05) is 30.0 Å². The maximum atomic E-state index is 5.63. The first-order valence-electron chi connectivity index (χ1n) is 7.42. The van der Waals surface area contributed by atoms with Crippen molar-refractivity contribution >= 4 is 33.3 Å². The first-order valence-corrected chi connectivity index (χ1v) is 9.22. The number of aryl methyl sites for hydroxylation is 3. The standard InChI is InChI=1S/C15H18N2O2S2/c1-9-16-14(20-7-10-5-6-18-8-19-10)13-11-3-2-4-12(11)21-15(13)17-9/h10H,2-8H2,1H3/t10-/m0/s1. The van der Waals surface area contributed by atoms with Gasteiger partial charge in [-0.3, -0.25) is 0 Å². The normalized spacial score (nSPS) is 21.9. The van der Waals surface area contributed by atoms with E-state index in [9.17, 15) is 0 Å². The van der Waals surface area contributed by atoms with E-state index >= 15 is 0 Å². The predicted octanol–water partition coefficient (Wildman–Crippen LogP) is 3.34. The Bertz CT molecular complexity index is 665. The van der Waals surface area contributed by atoms with Gasteiger partial charge in [-0.2, -0.15) is 0 Å². The summed E-state index contributed by atoms with van der Waals surface area (Å²) in [6.07, 6.45) is 4.92. The highest BCUT2D eigenvalue weighted by Gasteiger charge is 2.23. The second-order valence-corrected chi connectivity index (χ2v) is 7.62. The maximum Gasteiger partial charge on any atom is 0.147 e. The topological polar surface area (TPSA) is 44.2 Å². The molecule has 0 saturated carbocycles. The SMILES string of the molecule is Cc1nc(SC[C@@H]2CCOCO2)c2c3c(sc2n1)CCC3. The molecule has 2 aromatic heterocycles. The molecular weight excluding hydrogens is 304 g/mol. The lowest BCUT2D eigenvalue weighted by Crippen LogP contribution is -2.25. The summed E-state index contributed by atoms with van der Waals surface area (Å²) in [7, 11) is 0. The van der Waals surface area contributed by atoms with E-state index in [2.05, 4.69) is 4.98 Å². The van der Waals surface area contributed by atoms with E-state index < -0.39 is 0 Å². The number of hydrogen-bond acceptors (Lipinski definition) is 6. The van der Waals surface area contributed by atoms with Crippen LogP contribution in [0.4, 0.5) is 0 Å². The van der Waals surface area contributed by atoms with Crippen molar-refractivity contribution in [3.8, 4) is 0 Å². The van der Waals surface area contributed by atoms with Crippen LogP contribution >= 0.6 is 23.1 Å². The molecule has 0 radical (unpaired) electrons. The summed E-state index contributed by atoms with van der Waals surface area (Å²) in [6, 6.07) is 0. The molecule has 0 aromatic carbocycles. The molecule has 0 spiro atoms. The fraction of sp³-hybridized carbons (Fsp3) is 0.600. The highest BCUT2D eigenvalue weighted by atomic mass is 32.2. The average molecular weight is 322 g/mol. The first kappa shape index (κ1) is 13.9. The van der Waals surface area contributed by atoms with Crippen LogP contribution in [0.5, 0.6) is 0 Å². The molecule has 1 aliphatic carbocycles. The summed E-state index contributed by atoms with van der Waals surface area (Å²) in [4.78, 5) is 12.0. The second-order valence-electron chi connectivity index (χ2n) is 5.53. The highest BCUT2D eigenvalue weighted by Crippen LogP contribution is 2.40. The molecule has 1 aliphatic heterocycles. The summed E-state index contributed by atoms with van der Waals surface area (Å²) >= 11 is 3.68. The zero-order valence-electron chi connectivity index (χ0n) is 12.1. The maximum absolute atomic E-state index is 5.63. The molecule has 1 fully saturated rings. The molecule has 21 heavy (non-hydrogen) atoms. The van der Waals surface area contributed by atoms with Crippen molar-refractivity contribution in [1.29, 1.82) is 0 Å². The molecule has 2 aromatic rings. The summed E-state index contributed by atoms with van der Waals surface area (Å²) in [5.74, 6) is 1.82. The Kier molecular flexibility index (Phi) is 3.87. The van der Waals surface area contributed by atoms with Gasteiger partial charge in [-0.25, -0.2) is 9.97 Å². The molecule has 112 valence electrons. The van der Waals surface area contributed by atoms with Crippen LogP contribution in [0.2, 0.25) is 0 Å². The minimum Gasteiger partial charge on any atom is -0.355 e. The van der Waals surface area contributed by atoms with Crippen LogP contribution in [0.1, 0.15) is 29.1 Å². The van der Waals surface area contributed by atoms with E-state index in [1.54, 1.807) is 0 Å². The van der Waals surface area contributed by atoms with Crippen molar-refractivity contribution in [2.75, 3.05) is 19.2 Å². The van der Waals surface area contributed by atoms with Gasteiger partial charge in [0.25, 0.3) is 0 Å². The Balaban J connectivity index is 1.63. The Morgan fingerprint density at radius 2 is 2.29 bits per heavy atom. The fourth-order valence-corrected chi connectivity index (χ4v) is 5.51. The van der Waals surface area contributed by atoms with Crippen molar-refractivity contribution in [3.63, 3.8) is 0 Å². The molecular formula is C15H18N2O2S2. The monoisotopic (exact) mass is 322 g/mol. The van der Waals surface area contributed by atoms with Gasteiger partial charge in [-0.15, -0.1) is 23.1 Å². The number of hydrogen-bond donors (Lipinski definition) is 0. The quantitative estimate of drug-likeness (QED) is 0.640. The Morgan fingerprint density at radius 3 is 3.14 bits per heavy atom. The zero-order chi connectivity index (χ0) is 14.2. The molecule has 3 heterocycles. The van der Waals surface area contributed by atoms with Gasteiger partial charge in [0, 0.05) is 16.0 Å². The molecule has 4 rings (SSSR count). The van der Waals surface area contributed by atoms with Gasteiger partial charge in [-0.1, -0.05) is 0 Å². The van der Waals surface area contributed by atoms with Crippen LogP contribution in [0, 0.1) is 6.92 Å². The summed E-state index contributed by atoms with van der Waals surface area (Å²) < 4.78 is 10.9. The molecule has 1 atom stereocenters. The van der Waals surface area contributed by atoms with Gasteiger partial charge in [0.05, 0.1) is 12.7 Å². The minimum atomic E-state index is 0.278. The number of thiophene rings is 1. The van der Waals surface area contributed by atoms with Crippen LogP contribution in [-0.2, 0) is 22.3 Å². The van der Waals surface area contributed by atoms with Gasteiger partial charge in [-0.05, 0) is 38.2 Å². The minimum absolute atomic E-state index is 0.278. The van der Waals surface area contributed by atoms with E-state index in [4.69, 9.17) is 14.5 Å². The number of ether oxygens (including phenoxy) is 2. The highest BCUT2D eigenvalue weighted by molar-refractivity contribution is 7.99. The Morgan fingerprint density at radius 1 is 1.33 bits per heavy atom. The second kappa shape index (κ2) is 5.83. The first-order chi connectivity index (χ1) is 10.3. The summed E-state index contributed by atoms with van der Waals surface area (Å²) in [5.41, 5.74) is 1.50. The number of rotatable bonds is 3. The molecule has 6 heteroatoms. The van der Waals surface area contributed by atoms with Crippen LogP contribution in [0.15, 0.2) is 5.03 Å². The molecule has 0 N–H and O–H groups in total. The van der Waals surface area contributed by atoms with E-state index in [0.717, 1.165) is 29.6 Å². The zero-order valence-corrected chi connectivity index (χ0v) is 13.7. The third kappa shape index (κ3) is 2.70. The van der Waals surface area contributed by atoms with Gasteiger partial charge >= 0.3 is 0 Å². The van der Waals surface area contributed by atoms with Gasteiger partial charge < -0.3 is 9.47 Å². The number of aromatic nitrogens is 2. The lowest BCUT2D eigenvalue weighted by molar-refractivity contribution is -0.130. The van der Waals surface area contributed by atoms with Crippen LogP contribution < -0.4 is 0 Å². The molecule has 4 nitrogen and oxygen atoms in total. The number of thioether (sulfide) groups is 1. The molecule has 0 amide bonds. The van der Waals surface area contributed by atoms with E-state index in [0.29, 0.717) is 6.79 Å². The summed E-state index contributed by atoms with van der Waals surface area (Å²) in [6.45, 7) is 3.22. The Labute approximate surface area is 132 Å². The lowest BCUT2D eigenvalue weighted by atomic mass is 10.2. The smallest absolute Gasteiger partial charge is 0.147 e. The van der Waals surface area contributed by atoms with E-state index in [1.165, 1.54) is 39.9 Å². The third-order valence-electron chi connectivity index (χ3n) is 4.02. The Hall–Kier alpha value is -0.690. The third-order valence-corrected chi connectivity index (χ3v) is 6.31. The largest absolute Gasteiger partial charge is 0.355 e. The average Bonchev–Trinajstić information content (AvgIpc) is 3.06. The number of nitrogens with zero attached hydrogens (tertiary/aromatic N) is 2. The molecule has 0 unspecified atom stereocenters. The molecule has 1 saturated heterocycles. The fourth-order valence-electron chi connectivity index (χ4n) is 2.97. The van der Waals surface area contributed by atoms with Gasteiger partial charge in [0.1, 0.15) is 22.5 Å². The van der Waals surface area contributed by atoms with Crippen LogP contribution in [0.3, 0.4) is 0 Å². The van der Waals surface area contributed by atoms with Gasteiger partial charge in [0.2, 0.25) is 0 Å². The predicted molar refractivity (Wildman–Crippen MR) is 85.2 cm³/mol. The van der Waals surface area contributed by atoms with Crippen molar-refractivity contribution < 1.29 is 9.47 Å². The van der Waals surface area contributed by atoms with Crippen molar-refractivity contribution in [2.24, 2.45) is 0 Å².